The van der Waals surface area contributed by atoms with Crippen LogP contribution in [0.25, 0.3) is 0 Å². The first-order valence-electron chi connectivity index (χ1n) is 4.67. The van der Waals surface area contributed by atoms with E-state index in [2.05, 4.69) is 0 Å². The number of esters is 1. The van der Waals surface area contributed by atoms with Crippen molar-refractivity contribution in [2.75, 3.05) is 5.75 Å². The van der Waals surface area contributed by atoms with Crippen molar-refractivity contribution in [3.63, 3.8) is 0 Å². The fourth-order valence-corrected chi connectivity index (χ4v) is 3.21. The third-order valence-corrected chi connectivity index (χ3v) is 4.00. The molecule has 0 amide bonds. The Morgan fingerprint density at radius 1 is 1.44 bits per heavy atom. The van der Waals surface area contributed by atoms with Gasteiger partial charge in [0, 0.05) is 5.38 Å². The number of thiophene rings is 1. The van der Waals surface area contributed by atoms with E-state index in [1.54, 1.807) is 26.2 Å². The van der Waals surface area contributed by atoms with Crippen LogP contribution in [0.3, 0.4) is 0 Å². The zero-order chi connectivity index (χ0) is 12.4. The number of hydrogen-bond donors (Lipinski definition) is 0. The molecule has 0 bridgehead atoms. The van der Waals surface area contributed by atoms with Crippen molar-refractivity contribution in [3.8, 4) is 0 Å². The third kappa shape index (κ3) is 3.94. The molecule has 0 saturated carbocycles. The first-order chi connectivity index (χ1) is 7.21. The van der Waals surface area contributed by atoms with Gasteiger partial charge in [0.15, 0.2) is 15.6 Å². The molecule has 0 N–H and O–H groups in total. The van der Waals surface area contributed by atoms with Crippen LogP contribution < -0.4 is 0 Å². The van der Waals surface area contributed by atoms with Gasteiger partial charge in [-0.25, -0.2) is 8.42 Å². The summed E-state index contributed by atoms with van der Waals surface area (Å²) in [5, 5.41) is 3.15. The lowest BCUT2D eigenvalue weighted by Crippen LogP contribution is -2.28. The normalized spacial score (nSPS) is 12.4. The van der Waals surface area contributed by atoms with E-state index in [0.717, 1.165) is 0 Å². The highest BCUT2D eigenvalue weighted by molar-refractivity contribution is 7.92. The van der Waals surface area contributed by atoms with Crippen molar-refractivity contribution < 1.29 is 17.9 Å². The van der Waals surface area contributed by atoms with Gasteiger partial charge in [-0.05, 0) is 32.2 Å². The lowest BCUT2D eigenvalue weighted by atomic mass is 10.2. The Morgan fingerprint density at radius 3 is 2.50 bits per heavy atom. The van der Waals surface area contributed by atoms with Crippen molar-refractivity contribution in [2.24, 2.45) is 0 Å². The summed E-state index contributed by atoms with van der Waals surface area (Å²) < 4.78 is 28.3. The molecule has 1 heterocycles. The van der Waals surface area contributed by atoms with Gasteiger partial charge in [0.05, 0.1) is 4.90 Å². The molecule has 0 saturated heterocycles. The van der Waals surface area contributed by atoms with Crippen molar-refractivity contribution in [1.82, 2.24) is 0 Å². The summed E-state index contributed by atoms with van der Waals surface area (Å²) in [7, 11) is -3.55. The van der Waals surface area contributed by atoms with Gasteiger partial charge in [-0.15, -0.1) is 0 Å². The molecule has 0 spiro atoms. The van der Waals surface area contributed by atoms with Crippen LogP contribution in [0.15, 0.2) is 21.7 Å². The SMILES string of the molecule is CC(C)(C)OC(=O)CS(=O)(=O)c1ccsc1. The van der Waals surface area contributed by atoms with Gasteiger partial charge in [0.1, 0.15) is 5.60 Å². The van der Waals surface area contributed by atoms with E-state index in [1.807, 2.05) is 0 Å². The van der Waals surface area contributed by atoms with Crippen LogP contribution >= 0.6 is 11.3 Å². The van der Waals surface area contributed by atoms with E-state index in [-0.39, 0.29) is 4.90 Å². The van der Waals surface area contributed by atoms with Gasteiger partial charge in [-0.1, -0.05) is 0 Å². The van der Waals surface area contributed by atoms with Gasteiger partial charge in [-0.3, -0.25) is 4.79 Å². The predicted octanol–water partition coefficient (Wildman–Crippen LogP) is 1.86. The van der Waals surface area contributed by atoms with Crippen LogP contribution in [0, 0.1) is 0 Å². The molecule has 16 heavy (non-hydrogen) atoms. The summed E-state index contributed by atoms with van der Waals surface area (Å²) in [4.78, 5) is 11.5. The maximum absolute atomic E-state index is 11.7. The standard InChI is InChI=1S/C10H14O4S2/c1-10(2,3)14-9(11)7-16(12,13)8-4-5-15-6-8/h4-6H,7H2,1-3H3. The Hall–Kier alpha value is -0.880. The van der Waals surface area contributed by atoms with E-state index in [9.17, 15) is 13.2 Å². The molecule has 1 aromatic rings. The Labute approximate surface area is 99.2 Å². The van der Waals surface area contributed by atoms with E-state index < -0.39 is 27.2 Å². The summed E-state index contributed by atoms with van der Waals surface area (Å²) >= 11 is 1.28. The average molecular weight is 262 g/mol. The van der Waals surface area contributed by atoms with E-state index in [0.29, 0.717) is 0 Å². The van der Waals surface area contributed by atoms with Crippen molar-refractivity contribution in [3.05, 3.63) is 16.8 Å². The number of hydrogen-bond acceptors (Lipinski definition) is 5. The van der Waals surface area contributed by atoms with Crippen molar-refractivity contribution >= 4 is 27.1 Å². The number of ether oxygens (including phenoxy) is 1. The summed E-state index contributed by atoms with van der Waals surface area (Å²) in [5.41, 5.74) is -0.665. The lowest BCUT2D eigenvalue weighted by Gasteiger charge is -2.19. The third-order valence-electron chi connectivity index (χ3n) is 1.58. The highest BCUT2D eigenvalue weighted by atomic mass is 32.2. The molecular formula is C10H14O4S2. The van der Waals surface area contributed by atoms with Crippen LogP contribution in [0.4, 0.5) is 0 Å². The fraction of sp³-hybridized carbons (Fsp3) is 0.500. The number of rotatable bonds is 3. The quantitative estimate of drug-likeness (QED) is 0.780. The number of carbonyl (C=O) groups is 1. The van der Waals surface area contributed by atoms with Gasteiger partial charge in [0.2, 0.25) is 0 Å². The van der Waals surface area contributed by atoms with Crippen molar-refractivity contribution in [2.45, 2.75) is 31.3 Å². The zero-order valence-electron chi connectivity index (χ0n) is 9.39. The zero-order valence-corrected chi connectivity index (χ0v) is 11.0. The molecule has 4 nitrogen and oxygen atoms in total. The molecule has 90 valence electrons. The van der Waals surface area contributed by atoms with Crippen molar-refractivity contribution in [1.29, 1.82) is 0 Å². The van der Waals surface area contributed by atoms with E-state index in [1.165, 1.54) is 22.8 Å². The number of carbonyl (C=O) groups excluding carboxylic acids is 1. The highest BCUT2D eigenvalue weighted by Gasteiger charge is 2.24. The average Bonchev–Trinajstić information content (AvgIpc) is 2.49. The minimum Gasteiger partial charge on any atom is -0.459 e. The Morgan fingerprint density at radius 2 is 2.06 bits per heavy atom. The summed E-state index contributed by atoms with van der Waals surface area (Å²) in [5.74, 6) is -1.33. The highest BCUT2D eigenvalue weighted by Crippen LogP contribution is 2.16. The van der Waals surface area contributed by atoms with Crippen LogP contribution in [-0.2, 0) is 19.4 Å². The molecule has 0 aromatic carbocycles. The molecule has 0 radical (unpaired) electrons. The molecule has 0 fully saturated rings. The Balaban J connectivity index is 2.72. The molecule has 1 aromatic heterocycles. The fourth-order valence-electron chi connectivity index (χ4n) is 1.04. The first-order valence-corrected chi connectivity index (χ1v) is 7.27. The molecule has 0 atom stereocenters. The second kappa shape index (κ2) is 4.55. The number of sulfone groups is 1. The van der Waals surface area contributed by atoms with Gasteiger partial charge < -0.3 is 4.74 Å². The molecule has 0 aliphatic carbocycles. The Kier molecular flexibility index (Phi) is 3.75. The molecule has 0 aliphatic rings. The van der Waals surface area contributed by atoms with E-state index in [4.69, 9.17) is 4.74 Å². The van der Waals surface area contributed by atoms with Crippen LogP contribution in [0.5, 0.6) is 0 Å². The van der Waals surface area contributed by atoms with Crippen LogP contribution in [-0.4, -0.2) is 25.7 Å². The minimum absolute atomic E-state index is 0.170. The maximum atomic E-state index is 11.7. The molecular weight excluding hydrogens is 248 g/mol. The lowest BCUT2D eigenvalue weighted by molar-refractivity contribution is -0.151. The van der Waals surface area contributed by atoms with Crippen LogP contribution in [0.1, 0.15) is 20.8 Å². The second-order valence-electron chi connectivity index (χ2n) is 4.30. The van der Waals surface area contributed by atoms with Gasteiger partial charge in [-0.2, -0.15) is 11.3 Å². The largest absolute Gasteiger partial charge is 0.459 e. The summed E-state index contributed by atoms with van der Waals surface area (Å²) in [6.07, 6.45) is 0. The molecule has 0 unspecified atom stereocenters. The summed E-state index contributed by atoms with van der Waals surface area (Å²) in [6.45, 7) is 5.09. The minimum atomic E-state index is -3.55. The van der Waals surface area contributed by atoms with Crippen LogP contribution in [0.2, 0.25) is 0 Å². The molecule has 1 rings (SSSR count). The monoisotopic (exact) mass is 262 g/mol. The molecule has 6 heteroatoms. The van der Waals surface area contributed by atoms with Gasteiger partial charge >= 0.3 is 5.97 Å². The molecule has 0 aliphatic heterocycles. The smallest absolute Gasteiger partial charge is 0.322 e. The predicted molar refractivity (Wildman–Crippen MR) is 62.2 cm³/mol. The first kappa shape index (κ1) is 13.2. The maximum Gasteiger partial charge on any atom is 0.322 e. The second-order valence-corrected chi connectivity index (χ2v) is 7.07. The van der Waals surface area contributed by atoms with Gasteiger partial charge in [0.25, 0.3) is 0 Å². The summed E-state index contributed by atoms with van der Waals surface area (Å²) in [6, 6.07) is 1.48. The topological polar surface area (TPSA) is 60.4 Å². The van der Waals surface area contributed by atoms with E-state index >= 15 is 0 Å². The Bertz CT molecular complexity index is 452.